The number of alkyl halides is 1. The number of amides is 1. The summed E-state index contributed by atoms with van der Waals surface area (Å²) in [7, 11) is 1.59. The van der Waals surface area contributed by atoms with Crippen LogP contribution in [0.25, 0.3) is 0 Å². The summed E-state index contributed by atoms with van der Waals surface area (Å²) in [6, 6.07) is 3.06. The van der Waals surface area contributed by atoms with Crippen LogP contribution in [0.2, 0.25) is 0 Å². The molecule has 2 atom stereocenters. The molecule has 0 aromatic heterocycles. The molecule has 0 radical (unpaired) electrons. The van der Waals surface area contributed by atoms with E-state index in [2.05, 4.69) is 0 Å². The second-order valence-electron chi connectivity index (χ2n) is 5.27. The number of methoxy groups -OCH3 is 1. The molecule has 1 aromatic rings. The van der Waals surface area contributed by atoms with Gasteiger partial charge in [-0.05, 0) is 37.1 Å². The molecule has 1 heterocycles. The van der Waals surface area contributed by atoms with E-state index in [-0.39, 0.29) is 25.5 Å². The minimum absolute atomic E-state index is 0.0498. The predicted molar refractivity (Wildman–Crippen MR) is 73.9 cm³/mol. The van der Waals surface area contributed by atoms with Crippen LogP contribution >= 0.6 is 0 Å². The van der Waals surface area contributed by atoms with Crippen LogP contribution in [0.5, 0.6) is 5.75 Å². The number of aliphatic hydroxyl groups excluding tert-OH is 1. The van der Waals surface area contributed by atoms with E-state index in [0.29, 0.717) is 5.56 Å². The van der Waals surface area contributed by atoms with Crippen LogP contribution in [0.3, 0.4) is 0 Å². The monoisotopic (exact) mass is 281 g/mol. The third-order valence-corrected chi connectivity index (χ3v) is 3.75. The average molecular weight is 281 g/mol. The number of benzene rings is 1. The number of ether oxygens (including phenoxy) is 1. The molecule has 110 valence electrons. The Morgan fingerprint density at radius 2 is 2.05 bits per heavy atom. The van der Waals surface area contributed by atoms with Gasteiger partial charge in [0.2, 0.25) is 0 Å². The molecule has 1 aromatic carbocycles. The smallest absolute Gasteiger partial charge is 0.254 e. The lowest BCUT2D eigenvalue weighted by Crippen LogP contribution is -2.37. The van der Waals surface area contributed by atoms with E-state index < -0.39 is 12.2 Å². The number of carbonyl (C=O) groups is 1. The van der Waals surface area contributed by atoms with Crippen molar-refractivity contribution in [1.29, 1.82) is 0 Å². The van der Waals surface area contributed by atoms with Crippen molar-refractivity contribution in [2.45, 2.75) is 32.5 Å². The number of halogens is 1. The maximum Gasteiger partial charge on any atom is 0.254 e. The van der Waals surface area contributed by atoms with Crippen molar-refractivity contribution in [2.24, 2.45) is 0 Å². The maximum atomic E-state index is 13.4. The third kappa shape index (κ3) is 2.63. The van der Waals surface area contributed by atoms with E-state index in [0.717, 1.165) is 16.9 Å². The SMILES string of the molecule is COc1c(C)cc(C(=O)N2C[C@@H](F)C[C@H]2CO)cc1C. The Kier molecular flexibility index (Phi) is 4.28. The van der Waals surface area contributed by atoms with Gasteiger partial charge in [0, 0.05) is 12.0 Å². The summed E-state index contributed by atoms with van der Waals surface area (Å²) in [5.74, 6) is 0.517. The highest BCUT2D eigenvalue weighted by Gasteiger charge is 2.35. The first-order chi connectivity index (χ1) is 9.47. The molecular weight excluding hydrogens is 261 g/mol. The summed E-state index contributed by atoms with van der Waals surface area (Å²) in [4.78, 5) is 13.9. The van der Waals surface area contributed by atoms with Gasteiger partial charge in [0.15, 0.2) is 0 Å². The fourth-order valence-corrected chi connectivity index (χ4v) is 2.84. The van der Waals surface area contributed by atoms with Gasteiger partial charge in [0.1, 0.15) is 11.9 Å². The van der Waals surface area contributed by atoms with Crippen molar-refractivity contribution >= 4 is 5.91 Å². The quantitative estimate of drug-likeness (QED) is 0.920. The van der Waals surface area contributed by atoms with E-state index >= 15 is 0 Å². The Morgan fingerprint density at radius 3 is 2.55 bits per heavy atom. The summed E-state index contributed by atoms with van der Waals surface area (Å²) in [5.41, 5.74) is 2.24. The van der Waals surface area contributed by atoms with Gasteiger partial charge in [-0.2, -0.15) is 0 Å². The Balaban J connectivity index is 2.30. The summed E-state index contributed by atoms with van der Waals surface area (Å²) in [6.45, 7) is 3.58. The number of likely N-dealkylation sites (tertiary alicyclic amines) is 1. The zero-order valence-electron chi connectivity index (χ0n) is 12.0. The van der Waals surface area contributed by atoms with E-state index in [4.69, 9.17) is 4.74 Å². The van der Waals surface area contributed by atoms with Crippen LogP contribution in [-0.4, -0.2) is 48.4 Å². The number of carbonyl (C=O) groups excluding carboxylic acids is 1. The molecule has 1 aliphatic rings. The van der Waals surface area contributed by atoms with Crippen molar-refractivity contribution in [3.05, 3.63) is 28.8 Å². The van der Waals surface area contributed by atoms with Crippen LogP contribution in [-0.2, 0) is 0 Å². The lowest BCUT2D eigenvalue weighted by Gasteiger charge is -2.23. The summed E-state index contributed by atoms with van der Waals surface area (Å²) < 4.78 is 18.7. The number of hydrogen-bond acceptors (Lipinski definition) is 3. The van der Waals surface area contributed by atoms with Crippen molar-refractivity contribution < 1.29 is 19.0 Å². The van der Waals surface area contributed by atoms with Gasteiger partial charge in [-0.1, -0.05) is 0 Å². The molecule has 5 heteroatoms. The Labute approximate surface area is 118 Å². The number of nitrogens with zero attached hydrogens (tertiary/aromatic N) is 1. The second kappa shape index (κ2) is 5.79. The zero-order chi connectivity index (χ0) is 14.9. The molecule has 1 amide bonds. The standard InChI is InChI=1S/C15H20FNO3/c1-9-4-11(5-10(2)14(9)20-3)15(19)17-7-12(16)6-13(17)8-18/h4-5,12-13,18H,6-8H2,1-3H3/t12-,13-/m0/s1. The van der Waals surface area contributed by atoms with Crippen LogP contribution in [0.15, 0.2) is 12.1 Å². The molecule has 2 rings (SSSR count). The van der Waals surface area contributed by atoms with Gasteiger partial charge in [-0.3, -0.25) is 4.79 Å². The third-order valence-electron chi connectivity index (χ3n) is 3.75. The highest BCUT2D eigenvalue weighted by atomic mass is 19.1. The van der Waals surface area contributed by atoms with Crippen LogP contribution in [0, 0.1) is 13.8 Å². The molecule has 0 aliphatic carbocycles. The minimum Gasteiger partial charge on any atom is -0.496 e. The predicted octanol–water partition coefficient (Wildman–Crippen LogP) is 1.86. The molecule has 0 saturated carbocycles. The molecule has 1 aliphatic heterocycles. The van der Waals surface area contributed by atoms with E-state index in [1.165, 1.54) is 4.90 Å². The van der Waals surface area contributed by atoms with Gasteiger partial charge in [-0.15, -0.1) is 0 Å². The van der Waals surface area contributed by atoms with Gasteiger partial charge in [-0.25, -0.2) is 4.39 Å². The fraction of sp³-hybridized carbons (Fsp3) is 0.533. The van der Waals surface area contributed by atoms with E-state index in [9.17, 15) is 14.3 Å². The number of aliphatic hydroxyl groups is 1. The second-order valence-corrected chi connectivity index (χ2v) is 5.27. The number of rotatable bonds is 3. The van der Waals surface area contributed by atoms with Crippen molar-refractivity contribution in [3.8, 4) is 5.75 Å². The molecule has 20 heavy (non-hydrogen) atoms. The maximum absolute atomic E-state index is 13.4. The van der Waals surface area contributed by atoms with Gasteiger partial charge in [0.05, 0.1) is 26.3 Å². The van der Waals surface area contributed by atoms with Crippen LogP contribution in [0.4, 0.5) is 4.39 Å². The number of aryl methyl sites for hydroxylation is 2. The molecule has 0 spiro atoms. The lowest BCUT2D eigenvalue weighted by molar-refractivity contribution is 0.0672. The molecule has 1 N–H and O–H groups in total. The molecular formula is C15H20FNO3. The average Bonchev–Trinajstić information content (AvgIpc) is 2.78. The van der Waals surface area contributed by atoms with E-state index in [1.807, 2.05) is 13.8 Å². The highest BCUT2D eigenvalue weighted by Crippen LogP contribution is 2.27. The Morgan fingerprint density at radius 1 is 1.45 bits per heavy atom. The van der Waals surface area contributed by atoms with E-state index in [1.54, 1.807) is 19.2 Å². The van der Waals surface area contributed by atoms with Crippen LogP contribution in [0.1, 0.15) is 27.9 Å². The normalized spacial score (nSPS) is 22.1. The van der Waals surface area contributed by atoms with Gasteiger partial charge >= 0.3 is 0 Å². The minimum atomic E-state index is -1.06. The first-order valence-corrected chi connectivity index (χ1v) is 6.69. The van der Waals surface area contributed by atoms with Crippen LogP contribution < -0.4 is 4.74 Å². The Hall–Kier alpha value is -1.62. The first-order valence-electron chi connectivity index (χ1n) is 6.69. The largest absolute Gasteiger partial charge is 0.496 e. The Bertz CT molecular complexity index is 495. The van der Waals surface area contributed by atoms with Crippen molar-refractivity contribution in [1.82, 2.24) is 4.90 Å². The molecule has 4 nitrogen and oxygen atoms in total. The summed E-state index contributed by atoms with van der Waals surface area (Å²) >= 11 is 0. The number of hydrogen-bond donors (Lipinski definition) is 1. The first kappa shape index (κ1) is 14.8. The fourth-order valence-electron chi connectivity index (χ4n) is 2.84. The van der Waals surface area contributed by atoms with Gasteiger partial charge in [0.25, 0.3) is 5.91 Å². The molecule has 1 saturated heterocycles. The molecule has 0 unspecified atom stereocenters. The molecule has 1 fully saturated rings. The zero-order valence-corrected chi connectivity index (χ0v) is 12.0. The topological polar surface area (TPSA) is 49.8 Å². The van der Waals surface area contributed by atoms with Crippen molar-refractivity contribution in [2.75, 3.05) is 20.3 Å². The van der Waals surface area contributed by atoms with Gasteiger partial charge < -0.3 is 14.7 Å². The summed E-state index contributed by atoms with van der Waals surface area (Å²) in [5, 5.41) is 9.26. The molecule has 0 bridgehead atoms. The highest BCUT2D eigenvalue weighted by molar-refractivity contribution is 5.95. The summed E-state index contributed by atoms with van der Waals surface area (Å²) in [6.07, 6.45) is -0.854. The van der Waals surface area contributed by atoms with Crippen molar-refractivity contribution in [3.63, 3.8) is 0 Å². The lowest BCUT2D eigenvalue weighted by atomic mass is 10.0.